The zero-order valence-corrected chi connectivity index (χ0v) is 22.8. The first kappa shape index (κ1) is 26.6. The summed E-state index contributed by atoms with van der Waals surface area (Å²) in [5.41, 5.74) is -0.366. The van der Waals surface area contributed by atoms with Crippen LogP contribution in [0.2, 0.25) is 10.0 Å². The number of ether oxygens (including phenoxy) is 3. The number of rotatable bonds is 5. The maximum Gasteiger partial charge on any atom is 0.413 e. The average molecular weight is 554 g/mol. The monoisotopic (exact) mass is 553 g/mol. The van der Waals surface area contributed by atoms with Crippen molar-refractivity contribution < 1.29 is 23.4 Å². The molecule has 2 heterocycles. The summed E-state index contributed by atoms with van der Waals surface area (Å²) in [5.74, 6) is -0.659. The number of halogens is 3. The van der Waals surface area contributed by atoms with E-state index in [1.807, 2.05) is 12.1 Å². The van der Waals surface area contributed by atoms with E-state index in [-0.39, 0.29) is 24.0 Å². The molecule has 1 atom stereocenters. The van der Waals surface area contributed by atoms with E-state index >= 15 is 4.39 Å². The third-order valence-electron chi connectivity index (χ3n) is 5.34. The van der Waals surface area contributed by atoms with Crippen molar-refractivity contribution in [3.63, 3.8) is 0 Å². The summed E-state index contributed by atoms with van der Waals surface area (Å²) in [4.78, 5) is 14.3. The van der Waals surface area contributed by atoms with Gasteiger partial charge in [-0.2, -0.15) is 0 Å². The lowest BCUT2D eigenvalue weighted by Gasteiger charge is -2.35. The minimum absolute atomic E-state index is 0.00695. The molecule has 36 heavy (non-hydrogen) atoms. The van der Waals surface area contributed by atoms with E-state index in [1.165, 1.54) is 28.4 Å². The van der Waals surface area contributed by atoms with Gasteiger partial charge in [-0.3, -0.25) is 4.90 Å². The predicted octanol–water partition coefficient (Wildman–Crippen LogP) is 7.07. The van der Waals surface area contributed by atoms with Gasteiger partial charge in [0.25, 0.3) is 0 Å². The van der Waals surface area contributed by atoms with Crippen LogP contribution < -0.4 is 4.74 Å². The molecule has 1 amide bonds. The van der Waals surface area contributed by atoms with Gasteiger partial charge in [0.15, 0.2) is 11.6 Å². The average Bonchev–Trinajstić information content (AvgIpc) is 3.37. The molecule has 0 saturated carbocycles. The molecule has 1 unspecified atom stereocenters. The number of amides is 1. The molecule has 1 aliphatic rings. The van der Waals surface area contributed by atoms with Crippen molar-refractivity contribution in [2.75, 3.05) is 13.2 Å². The van der Waals surface area contributed by atoms with Crippen LogP contribution in [0.4, 0.5) is 9.18 Å². The maximum absolute atomic E-state index is 15.0. The summed E-state index contributed by atoms with van der Waals surface area (Å²) in [6, 6.07) is 9.41. The van der Waals surface area contributed by atoms with Crippen LogP contribution in [-0.2, 0) is 9.47 Å². The van der Waals surface area contributed by atoms with Gasteiger partial charge in [0, 0.05) is 22.2 Å². The number of nitrogens with zero attached hydrogens (tertiary/aromatic N) is 3. The summed E-state index contributed by atoms with van der Waals surface area (Å²) in [7, 11) is 0. The second-order valence-corrected chi connectivity index (χ2v) is 11.6. The summed E-state index contributed by atoms with van der Waals surface area (Å²) in [5, 5.41) is 10.3. The van der Waals surface area contributed by atoms with Gasteiger partial charge in [-0.1, -0.05) is 46.7 Å². The number of benzene rings is 2. The number of carbonyl (C=O) groups excluding carboxylic acids is 1. The van der Waals surface area contributed by atoms with Gasteiger partial charge in [0.1, 0.15) is 27.9 Å². The first-order valence-electron chi connectivity index (χ1n) is 11.2. The van der Waals surface area contributed by atoms with Crippen LogP contribution in [0.3, 0.4) is 0 Å². The Bertz CT molecular complexity index is 1280. The molecule has 0 radical (unpaired) electrons. The van der Waals surface area contributed by atoms with Crippen molar-refractivity contribution in [1.29, 1.82) is 0 Å². The molecule has 0 bridgehead atoms. The summed E-state index contributed by atoms with van der Waals surface area (Å²) in [6.45, 7) is 9.11. The van der Waals surface area contributed by atoms with E-state index in [2.05, 4.69) is 10.2 Å². The molecule has 1 aromatic heterocycles. The Balaban J connectivity index is 1.50. The lowest BCUT2D eigenvalue weighted by molar-refractivity contribution is -0.0637. The van der Waals surface area contributed by atoms with Gasteiger partial charge in [-0.05, 0) is 52.8 Å². The highest BCUT2D eigenvalue weighted by atomic mass is 35.5. The zero-order valence-electron chi connectivity index (χ0n) is 20.5. The first-order chi connectivity index (χ1) is 16.8. The van der Waals surface area contributed by atoms with Crippen LogP contribution in [0.1, 0.15) is 34.6 Å². The summed E-state index contributed by atoms with van der Waals surface area (Å²) in [6.07, 6.45) is -0.528. The molecule has 2 aromatic carbocycles. The second-order valence-electron chi connectivity index (χ2n) is 9.76. The lowest BCUT2D eigenvalue weighted by Crippen LogP contribution is -2.51. The van der Waals surface area contributed by atoms with Crippen molar-refractivity contribution in [3.05, 3.63) is 52.3 Å². The molecule has 11 heteroatoms. The highest BCUT2D eigenvalue weighted by Gasteiger charge is 2.46. The molecular formula is C25H26Cl2FN3O4S. The van der Waals surface area contributed by atoms with Crippen LogP contribution in [0.25, 0.3) is 21.1 Å². The van der Waals surface area contributed by atoms with E-state index in [4.69, 9.17) is 37.4 Å². The van der Waals surface area contributed by atoms with Crippen LogP contribution in [0.15, 0.2) is 36.4 Å². The molecule has 1 aliphatic heterocycles. The third-order valence-corrected chi connectivity index (χ3v) is 6.90. The fraction of sp³-hybridized carbons (Fsp3) is 0.400. The smallest absolute Gasteiger partial charge is 0.413 e. The van der Waals surface area contributed by atoms with Crippen molar-refractivity contribution in [2.24, 2.45) is 0 Å². The second kappa shape index (κ2) is 10.1. The van der Waals surface area contributed by atoms with E-state index < -0.39 is 29.3 Å². The van der Waals surface area contributed by atoms with Crippen LogP contribution >= 0.6 is 34.5 Å². The minimum Gasteiger partial charge on any atom is -0.488 e. The molecule has 0 aliphatic carbocycles. The van der Waals surface area contributed by atoms with Crippen molar-refractivity contribution in [2.45, 2.75) is 52.0 Å². The molecule has 1 fully saturated rings. The summed E-state index contributed by atoms with van der Waals surface area (Å²) < 4.78 is 32.1. The van der Waals surface area contributed by atoms with E-state index in [9.17, 15) is 4.79 Å². The normalized spacial score (nSPS) is 17.3. The van der Waals surface area contributed by atoms with E-state index in [1.54, 1.807) is 46.8 Å². The molecule has 7 nitrogen and oxygen atoms in total. The molecule has 1 saturated heterocycles. The fourth-order valence-corrected chi connectivity index (χ4v) is 5.11. The molecular weight excluding hydrogens is 528 g/mol. The molecule has 0 spiro atoms. The number of carbonyl (C=O) groups is 1. The topological polar surface area (TPSA) is 73.8 Å². The quantitative estimate of drug-likeness (QED) is 0.336. The Kier molecular flexibility index (Phi) is 7.48. The Hall–Kier alpha value is -2.46. The van der Waals surface area contributed by atoms with Crippen molar-refractivity contribution in [3.8, 4) is 26.9 Å². The van der Waals surface area contributed by atoms with Gasteiger partial charge in [0.2, 0.25) is 0 Å². The Labute approximate surface area is 223 Å². The zero-order chi connectivity index (χ0) is 26.3. The fourth-order valence-electron chi connectivity index (χ4n) is 3.75. The Morgan fingerprint density at radius 3 is 2.64 bits per heavy atom. The van der Waals surface area contributed by atoms with Gasteiger partial charge < -0.3 is 14.2 Å². The van der Waals surface area contributed by atoms with Gasteiger partial charge >= 0.3 is 6.09 Å². The molecule has 0 N–H and O–H groups in total. The largest absolute Gasteiger partial charge is 0.488 e. The minimum atomic E-state index is -0.894. The van der Waals surface area contributed by atoms with Gasteiger partial charge in [-0.15, -0.1) is 10.2 Å². The highest BCUT2D eigenvalue weighted by Crippen LogP contribution is 2.38. The predicted molar refractivity (Wildman–Crippen MR) is 138 cm³/mol. The molecule has 192 valence electrons. The number of hydrogen-bond acceptors (Lipinski definition) is 7. The van der Waals surface area contributed by atoms with Crippen LogP contribution in [0, 0.1) is 5.82 Å². The van der Waals surface area contributed by atoms with E-state index in [0.717, 1.165) is 5.56 Å². The van der Waals surface area contributed by atoms with Gasteiger partial charge in [-0.25, -0.2) is 9.18 Å². The van der Waals surface area contributed by atoms with E-state index in [0.29, 0.717) is 20.6 Å². The standard InChI is InChI=1S/C25H26Cl2FN3O4S/c1-24(2,3)35-23(32)31-16(13-34-25(31,4)5)12-33-20-11-18(27)17(10-19(20)28)22-30-29-21(36-22)14-7-6-8-15(26)9-14/h6-11,16H,12-13H2,1-5H3. The first-order valence-corrected chi connectivity index (χ1v) is 12.8. The maximum atomic E-state index is 15.0. The van der Waals surface area contributed by atoms with Crippen molar-refractivity contribution >= 4 is 40.6 Å². The molecule has 4 rings (SSSR count). The van der Waals surface area contributed by atoms with Crippen LogP contribution in [-0.4, -0.2) is 51.8 Å². The van der Waals surface area contributed by atoms with Crippen molar-refractivity contribution in [1.82, 2.24) is 15.1 Å². The summed E-state index contributed by atoms with van der Waals surface area (Å²) >= 11 is 13.8. The highest BCUT2D eigenvalue weighted by molar-refractivity contribution is 7.18. The molecule has 3 aromatic rings. The Morgan fingerprint density at radius 1 is 1.22 bits per heavy atom. The number of hydrogen-bond donors (Lipinski definition) is 0. The SMILES string of the molecule is CC(C)(C)OC(=O)N1C(COc2cc(Cl)c(-c3nnc(-c4cccc(Cl)c4)s3)cc2F)COC1(C)C. The van der Waals surface area contributed by atoms with Gasteiger partial charge in [0.05, 0.1) is 17.7 Å². The Morgan fingerprint density at radius 2 is 1.94 bits per heavy atom. The lowest BCUT2D eigenvalue weighted by atomic mass is 10.2. The number of aromatic nitrogens is 2. The third kappa shape index (κ3) is 5.91. The van der Waals surface area contributed by atoms with Crippen LogP contribution in [0.5, 0.6) is 5.75 Å².